The Kier molecular flexibility index (Phi) is 8.19. The van der Waals surface area contributed by atoms with Crippen molar-refractivity contribution in [2.24, 2.45) is 0 Å². The summed E-state index contributed by atoms with van der Waals surface area (Å²) in [5.41, 5.74) is 1.05. The fourth-order valence-corrected chi connectivity index (χ4v) is 2.03. The van der Waals surface area contributed by atoms with Gasteiger partial charge in [-0.05, 0) is 36.4 Å². The summed E-state index contributed by atoms with van der Waals surface area (Å²) >= 11 is 3.31. The first-order valence-corrected chi connectivity index (χ1v) is 7.29. The van der Waals surface area contributed by atoms with E-state index in [-0.39, 0.29) is 18.0 Å². The molecule has 0 aliphatic heterocycles. The molecule has 0 saturated heterocycles. The van der Waals surface area contributed by atoms with Gasteiger partial charge in [-0.2, -0.15) is 0 Å². The molecule has 0 aliphatic rings. The van der Waals surface area contributed by atoms with Gasteiger partial charge in [0.1, 0.15) is 5.75 Å². The van der Waals surface area contributed by atoms with E-state index in [9.17, 15) is 18.2 Å². The van der Waals surface area contributed by atoms with Crippen LogP contribution in [0.4, 0.5) is 8.63 Å². The van der Waals surface area contributed by atoms with Gasteiger partial charge in [-0.1, -0.05) is 28.1 Å². The molecule has 0 fully saturated rings. The first kappa shape index (κ1) is 19.0. The monoisotopic (exact) mass is 381 g/mol. The van der Waals surface area contributed by atoms with Crippen LogP contribution in [0.5, 0.6) is 5.75 Å². The van der Waals surface area contributed by atoms with Gasteiger partial charge in [-0.3, -0.25) is 18.2 Å². The van der Waals surface area contributed by atoms with Gasteiger partial charge in [0, 0.05) is 15.6 Å². The van der Waals surface area contributed by atoms with Crippen molar-refractivity contribution in [2.45, 2.75) is 6.42 Å². The summed E-state index contributed by atoms with van der Waals surface area (Å²) in [7, 11) is 0.563. The van der Waals surface area contributed by atoms with Crippen LogP contribution in [-0.4, -0.2) is 26.5 Å². The maximum Gasteiger partial charge on any atom is 0.577 e. The van der Waals surface area contributed by atoms with E-state index >= 15 is 0 Å². The van der Waals surface area contributed by atoms with Gasteiger partial charge in [-0.15, -0.1) is 0 Å². The fraction of sp³-hybridized carbons (Fsp3) is 0.125. The Labute approximate surface area is 142 Å². The third-order valence-corrected chi connectivity index (χ3v) is 3.43. The third-order valence-electron chi connectivity index (χ3n) is 2.90. The van der Waals surface area contributed by atoms with Crippen molar-refractivity contribution in [3.63, 3.8) is 0 Å². The van der Waals surface area contributed by atoms with E-state index < -0.39 is 7.83 Å². The summed E-state index contributed by atoms with van der Waals surface area (Å²) in [5.74, 6) is 0.305. The number of halogens is 3. The van der Waals surface area contributed by atoms with Gasteiger partial charge in [0.25, 0.3) is 0 Å². The summed E-state index contributed by atoms with van der Waals surface area (Å²) in [6.07, 6.45) is -0.131. The van der Waals surface area contributed by atoms with Crippen molar-refractivity contribution < 1.29 is 23.0 Å². The Morgan fingerprint density at radius 2 is 1.35 bits per heavy atom. The van der Waals surface area contributed by atoms with Crippen molar-refractivity contribution in [1.82, 2.24) is 0 Å². The second-order valence-corrected chi connectivity index (χ2v) is 5.26. The van der Waals surface area contributed by atoms with Crippen molar-refractivity contribution >= 4 is 35.3 Å². The lowest BCUT2D eigenvalue weighted by Crippen LogP contribution is -2.08. The molecule has 23 heavy (non-hydrogen) atoms. The lowest BCUT2D eigenvalue weighted by atomic mass is 10.0. The van der Waals surface area contributed by atoms with Gasteiger partial charge in [0.05, 0.1) is 13.5 Å². The van der Waals surface area contributed by atoms with Gasteiger partial charge in [0.15, 0.2) is 11.6 Å². The Hall–Kier alpha value is -2.02. The number of hydrogen-bond donors (Lipinski definition) is 0. The predicted octanol–water partition coefficient (Wildman–Crippen LogP) is 4.37. The highest BCUT2D eigenvalue weighted by molar-refractivity contribution is 9.10. The summed E-state index contributed by atoms with van der Waals surface area (Å²) in [6.45, 7) is 0. The average molecular weight is 382 g/mol. The van der Waals surface area contributed by atoms with Crippen molar-refractivity contribution in [3.05, 3.63) is 64.1 Å². The number of Topliss-reactive ketones (excluding diaryl/α,β-unsaturated/α-hetero) is 2. The molecule has 119 valence electrons. The van der Waals surface area contributed by atoms with Crippen molar-refractivity contribution in [3.8, 4) is 5.75 Å². The first-order valence-electron chi connectivity index (χ1n) is 6.50. The van der Waals surface area contributed by atoms with E-state index in [2.05, 4.69) is 15.9 Å². The molecule has 0 aromatic heterocycles. The van der Waals surface area contributed by atoms with Crippen LogP contribution in [-0.2, 0) is 0 Å². The van der Waals surface area contributed by atoms with E-state index in [1.807, 2.05) is 0 Å². The zero-order valence-corrected chi connectivity index (χ0v) is 13.8. The Balaban J connectivity index is 0.000000816. The SMILES string of the molecule is COc1ccc(C(=O)CC(=O)c2ccc(Br)cc2)cc1.F[B]F. The highest BCUT2D eigenvalue weighted by Crippen LogP contribution is 2.15. The van der Waals surface area contributed by atoms with Gasteiger partial charge in [-0.25, -0.2) is 0 Å². The molecule has 0 amide bonds. The molecule has 3 nitrogen and oxygen atoms in total. The molecule has 0 spiro atoms. The van der Waals surface area contributed by atoms with Crippen LogP contribution in [0.15, 0.2) is 53.0 Å². The highest BCUT2D eigenvalue weighted by Gasteiger charge is 2.13. The number of ether oxygens (including phenoxy) is 1. The van der Waals surface area contributed by atoms with Crippen LogP contribution in [0.25, 0.3) is 0 Å². The zero-order valence-electron chi connectivity index (χ0n) is 12.3. The molecular weight excluding hydrogens is 369 g/mol. The minimum absolute atomic E-state index is 0.131. The lowest BCUT2D eigenvalue weighted by molar-refractivity contribution is 0.0894. The normalized spacial score (nSPS) is 9.39. The molecular formula is C16H13BBrF2O3. The van der Waals surface area contributed by atoms with E-state index in [0.29, 0.717) is 16.9 Å². The molecule has 0 aliphatic carbocycles. The maximum absolute atomic E-state index is 12.0. The summed E-state index contributed by atoms with van der Waals surface area (Å²) in [6, 6.07) is 13.7. The second kappa shape index (κ2) is 9.89. The quantitative estimate of drug-likeness (QED) is 0.438. The number of benzene rings is 2. The zero-order chi connectivity index (χ0) is 17.2. The molecule has 0 unspecified atom stereocenters. The average Bonchev–Trinajstić information content (AvgIpc) is 2.56. The number of rotatable bonds is 5. The molecule has 0 bridgehead atoms. The summed E-state index contributed by atoms with van der Waals surface area (Å²) in [5, 5.41) is 0. The van der Waals surface area contributed by atoms with Crippen LogP contribution in [0.1, 0.15) is 27.1 Å². The molecule has 2 aromatic carbocycles. The van der Waals surface area contributed by atoms with Crippen LogP contribution < -0.4 is 4.74 Å². The van der Waals surface area contributed by atoms with E-state index in [4.69, 9.17) is 4.74 Å². The molecule has 2 aromatic rings. The highest BCUT2D eigenvalue weighted by atomic mass is 79.9. The Morgan fingerprint density at radius 1 is 0.957 bits per heavy atom. The molecule has 0 saturated carbocycles. The van der Waals surface area contributed by atoms with E-state index in [1.165, 1.54) is 0 Å². The first-order chi connectivity index (χ1) is 11.0. The Morgan fingerprint density at radius 3 is 1.74 bits per heavy atom. The number of hydrogen-bond acceptors (Lipinski definition) is 3. The maximum atomic E-state index is 12.0. The molecule has 0 heterocycles. The van der Waals surface area contributed by atoms with Crippen LogP contribution >= 0.6 is 15.9 Å². The van der Waals surface area contributed by atoms with Crippen molar-refractivity contribution in [1.29, 1.82) is 0 Å². The molecule has 7 heteroatoms. The molecule has 0 N–H and O–H groups in total. The molecule has 2 rings (SSSR count). The summed E-state index contributed by atoms with van der Waals surface area (Å²) in [4.78, 5) is 24.0. The number of methoxy groups -OCH3 is 1. The minimum atomic E-state index is -1.00. The second-order valence-electron chi connectivity index (χ2n) is 4.34. The summed E-state index contributed by atoms with van der Waals surface area (Å²) < 4.78 is 24.9. The fourth-order valence-electron chi connectivity index (χ4n) is 1.76. The number of ketones is 2. The molecule has 0 atom stereocenters. The minimum Gasteiger partial charge on any atom is -0.497 e. The van der Waals surface area contributed by atoms with E-state index in [1.54, 1.807) is 55.6 Å². The topological polar surface area (TPSA) is 43.4 Å². The number of carbonyl (C=O) groups excluding carboxylic acids is 2. The van der Waals surface area contributed by atoms with Crippen LogP contribution in [0, 0.1) is 0 Å². The largest absolute Gasteiger partial charge is 0.577 e. The predicted molar refractivity (Wildman–Crippen MR) is 88.4 cm³/mol. The third kappa shape index (κ3) is 6.32. The Bertz CT molecular complexity index is 645. The standard InChI is InChI=1S/C16H13BrO3.BF2/c1-20-14-8-4-12(5-9-14)16(19)10-15(18)11-2-6-13(17)7-3-11;2-1-3/h2-9H,10H2,1H3;. The van der Waals surface area contributed by atoms with Crippen molar-refractivity contribution in [2.75, 3.05) is 7.11 Å². The number of carbonyl (C=O) groups is 2. The lowest BCUT2D eigenvalue weighted by Gasteiger charge is -2.03. The molecule has 1 radical (unpaired) electrons. The van der Waals surface area contributed by atoms with E-state index in [0.717, 1.165) is 4.47 Å². The van der Waals surface area contributed by atoms with Gasteiger partial charge < -0.3 is 4.74 Å². The van der Waals surface area contributed by atoms with Crippen LogP contribution in [0.2, 0.25) is 0 Å². The van der Waals surface area contributed by atoms with Gasteiger partial charge in [0.2, 0.25) is 0 Å². The smallest absolute Gasteiger partial charge is 0.497 e. The van der Waals surface area contributed by atoms with Gasteiger partial charge >= 0.3 is 7.83 Å². The van der Waals surface area contributed by atoms with Crippen LogP contribution in [0.3, 0.4) is 0 Å².